The zero-order valence-corrected chi connectivity index (χ0v) is 12.3. The van der Waals surface area contributed by atoms with Crippen LogP contribution in [0.2, 0.25) is 0 Å². The summed E-state index contributed by atoms with van der Waals surface area (Å²) in [5.41, 5.74) is 1.15. The van der Waals surface area contributed by atoms with E-state index >= 15 is 0 Å². The second kappa shape index (κ2) is 5.96. The van der Waals surface area contributed by atoms with E-state index < -0.39 is 0 Å². The van der Waals surface area contributed by atoms with Crippen molar-refractivity contribution in [1.82, 2.24) is 14.5 Å². The molecule has 0 atom stereocenters. The SMILES string of the molecule is Cn1cc(-c2ncc(OCc3ccc(F)cc3)cn2)c(O)c1O. The van der Waals surface area contributed by atoms with Crippen LogP contribution in [0.3, 0.4) is 0 Å². The molecule has 0 aliphatic heterocycles. The van der Waals surface area contributed by atoms with E-state index in [2.05, 4.69) is 9.97 Å². The fourth-order valence-corrected chi connectivity index (χ4v) is 2.04. The first-order valence-corrected chi connectivity index (χ1v) is 6.81. The molecule has 0 saturated carbocycles. The molecule has 0 aliphatic carbocycles. The average molecular weight is 315 g/mol. The van der Waals surface area contributed by atoms with Gasteiger partial charge in [0, 0.05) is 13.2 Å². The van der Waals surface area contributed by atoms with Gasteiger partial charge in [0.15, 0.2) is 17.3 Å². The summed E-state index contributed by atoms with van der Waals surface area (Å²) >= 11 is 0. The number of halogens is 1. The summed E-state index contributed by atoms with van der Waals surface area (Å²) in [6.45, 7) is 0.264. The second-order valence-corrected chi connectivity index (χ2v) is 4.98. The summed E-state index contributed by atoms with van der Waals surface area (Å²) in [6.07, 6.45) is 4.46. The Hall–Kier alpha value is -3.09. The van der Waals surface area contributed by atoms with E-state index in [4.69, 9.17) is 4.74 Å². The highest BCUT2D eigenvalue weighted by atomic mass is 19.1. The van der Waals surface area contributed by atoms with Gasteiger partial charge in [0.1, 0.15) is 12.4 Å². The van der Waals surface area contributed by atoms with E-state index in [0.29, 0.717) is 11.3 Å². The van der Waals surface area contributed by atoms with Crippen LogP contribution in [-0.4, -0.2) is 24.7 Å². The highest BCUT2D eigenvalue weighted by molar-refractivity contribution is 5.67. The Labute approximate surface area is 131 Å². The van der Waals surface area contributed by atoms with Gasteiger partial charge in [-0.1, -0.05) is 12.1 Å². The number of aromatic nitrogens is 3. The number of rotatable bonds is 4. The molecule has 0 fully saturated rings. The standard InChI is InChI=1S/C16H14FN3O3/c1-20-8-13(14(21)16(20)22)15-18-6-12(7-19-15)23-9-10-2-4-11(17)5-3-10/h2-8,21-22H,9H2,1H3. The van der Waals surface area contributed by atoms with Crippen LogP contribution in [0.1, 0.15) is 5.56 Å². The van der Waals surface area contributed by atoms with Crippen LogP contribution in [0.15, 0.2) is 42.9 Å². The quantitative estimate of drug-likeness (QED) is 0.773. The molecule has 6 nitrogen and oxygen atoms in total. The highest BCUT2D eigenvalue weighted by Gasteiger charge is 2.16. The molecule has 1 aromatic carbocycles. The Balaban J connectivity index is 1.72. The largest absolute Gasteiger partial charge is 0.503 e. The van der Waals surface area contributed by atoms with Crippen LogP contribution in [0.4, 0.5) is 4.39 Å². The fourth-order valence-electron chi connectivity index (χ4n) is 2.04. The Bertz CT molecular complexity index is 814. The van der Waals surface area contributed by atoms with Crippen LogP contribution in [0, 0.1) is 5.82 Å². The first-order chi connectivity index (χ1) is 11.0. The average Bonchev–Trinajstić information content (AvgIpc) is 2.82. The summed E-state index contributed by atoms with van der Waals surface area (Å²) in [6, 6.07) is 6.00. The maximum Gasteiger partial charge on any atom is 0.235 e. The zero-order chi connectivity index (χ0) is 16.4. The lowest BCUT2D eigenvalue weighted by atomic mass is 10.2. The van der Waals surface area contributed by atoms with Crippen molar-refractivity contribution in [3.05, 3.63) is 54.2 Å². The van der Waals surface area contributed by atoms with Crippen molar-refractivity contribution in [2.45, 2.75) is 6.61 Å². The molecule has 0 spiro atoms. The van der Waals surface area contributed by atoms with Gasteiger partial charge in [0.25, 0.3) is 0 Å². The molecular formula is C16H14FN3O3. The topological polar surface area (TPSA) is 80.4 Å². The van der Waals surface area contributed by atoms with E-state index in [1.807, 2.05) is 0 Å². The third-order valence-electron chi connectivity index (χ3n) is 3.31. The Morgan fingerprint density at radius 1 is 1.13 bits per heavy atom. The van der Waals surface area contributed by atoms with Gasteiger partial charge in [-0.3, -0.25) is 0 Å². The van der Waals surface area contributed by atoms with Crippen molar-refractivity contribution >= 4 is 0 Å². The van der Waals surface area contributed by atoms with Gasteiger partial charge < -0.3 is 19.5 Å². The normalized spacial score (nSPS) is 10.7. The highest BCUT2D eigenvalue weighted by Crippen LogP contribution is 2.36. The summed E-state index contributed by atoms with van der Waals surface area (Å²) in [5, 5.41) is 19.4. The van der Waals surface area contributed by atoms with Crippen molar-refractivity contribution in [3.63, 3.8) is 0 Å². The van der Waals surface area contributed by atoms with Crippen molar-refractivity contribution in [2.75, 3.05) is 0 Å². The van der Waals surface area contributed by atoms with E-state index in [-0.39, 0.29) is 29.9 Å². The lowest BCUT2D eigenvalue weighted by molar-refractivity contribution is 0.303. The molecule has 3 rings (SSSR count). The first-order valence-electron chi connectivity index (χ1n) is 6.81. The van der Waals surface area contributed by atoms with Crippen LogP contribution >= 0.6 is 0 Å². The summed E-state index contributed by atoms with van der Waals surface area (Å²) in [7, 11) is 1.60. The van der Waals surface area contributed by atoms with Gasteiger partial charge in [0.05, 0.1) is 18.0 Å². The number of benzene rings is 1. The molecule has 2 N–H and O–H groups in total. The predicted octanol–water partition coefficient (Wildman–Crippen LogP) is 2.61. The Morgan fingerprint density at radius 3 is 2.35 bits per heavy atom. The number of aromatic hydroxyl groups is 2. The van der Waals surface area contributed by atoms with Gasteiger partial charge in [-0.15, -0.1) is 0 Å². The minimum absolute atomic E-state index is 0.250. The third kappa shape index (κ3) is 3.08. The van der Waals surface area contributed by atoms with Crippen LogP contribution in [-0.2, 0) is 13.7 Å². The number of aryl methyl sites for hydroxylation is 1. The molecular weight excluding hydrogens is 301 g/mol. The summed E-state index contributed by atoms with van der Waals surface area (Å²) in [5.74, 6) is -0.106. The second-order valence-electron chi connectivity index (χ2n) is 4.98. The maximum absolute atomic E-state index is 12.8. The van der Waals surface area contributed by atoms with Gasteiger partial charge in [0.2, 0.25) is 5.88 Å². The molecule has 0 unspecified atom stereocenters. The van der Waals surface area contributed by atoms with Gasteiger partial charge in [-0.25, -0.2) is 14.4 Å². The number of hydrogen-bond donors (Lipinski definition) is 2. The first kappa shape index (κ1) is 14.8. The van der Waals surface area contributed by atoms with Crippen molar-refractivity contribution in [1.29, 1.82) is 0 Å². The molecule has 0 aliphatic rings. The smallest absolute Gasteiger partial charge is 0.235 e. The summed E-state index contributed by atoms with van der Waals surface area (Å²) in [4.78, 5) is 8.22. The van der Waals surface area contributed by atoms with E-state index in [0.717, 1.165) is 5.56 Å². The maximum atomic E-state index is 12.8. The molecule has 2 aromatic heterocycles. The number of ether oxygens (including phenoxy) is 1. The van der Waals surface area contributed by atoms with Gasteiger partial charge in [-0.05, 0) is 17.7 Å². The molecule has 118 valence electrons. The molecule has 3 aromatic rings. The molecule has 0 radical (unpaired) electrons. The third-order valence-corrected chi connectivity index (χ3v) is 3.31. The fraction of sp³-hybridized carbons (Fsp3) is 0.125. The molecule has 0 bridgehead atoms. The number of hydrogen-bond acceptors (Lipinski definition) is 5. The van der Waals surface area contributed by atoms with Crippen LogP contribution in [0.5, 0.6) is 17.4 Å². The predicted molar refractivity (Wildman–Crippen MR) is 80.5 cm³/mol. The zero-order valence-electron chi connectivity index (χ0n) is 12.3. The number of nitrogens with zero attached hydrogens (tertiary/aromatic N) is 3. The molecule has 0 amide bonds. The minimum atomic E-state index is -0.299. The monoisotopic (exact) mass is 315 g/mol. The van der Waals surface area contributed by atoms with Crippen molar-refractivity contribution in [3.8, 4) is 28.8 Å². The molecule has 7 heteroatoms. The Kier molecular flexibility index (Phi) is 3.84. The van der Waals surface area contributed by atoms with E-state index in [1.165, 1.54) is 35.3 Å². The summed E-state index contributed by atoms with van der Waals surface area (Å²) < 4.78 is 19.7. The van der Waals surface area contributed by atoms with Crippen LogP contribution in [0.25, 0.3) is 11.4 Å². The lowest BCUT2D eigenvalue weighted by Gasteiger charge is -2.06. The van der Waals surface area contributed by atoms with E-state index in [1.54, 1.807) is 19.2 Å². The minimum Gasteiger partial charge on any atom is -0.503 e. The van der Waals surface area contributed by atoms with Gasteiger partial charge in [-0.2, -0.15) is 0 Å². The van der Waals surface area contributed by atoms with Crippen LogP contribution < -0.4 is 4.74 Å². The molecule has 2 heterocycles. The van der Waals surface area contributed by atoms with Gasteiger partial charge >= 0.3 is 0 Å². The van der Waals surface area contributed by atoms with Crippen molar-refractivity contribution < 1.29 is 19.3 Å². The Morgan fingerprint density at radius 2 is 1.78 bits per heavy atom. The molecule has 0 saturated heterocycles. The van der Waals surface area contributed by atoms with E-state index in [9.17, 15) is 14.6 Å². The molecule has 23 heavy (non-hydrogen) atoms. The van der Waals surface area contributed by atoms with Crippen molar-refractivity contribution in [2.24, 2.45) is 7.05 Å². The lowest BCUT2D eigenvalue weighted by Crippen LogP contribution is -1.97.